The predicted octanol–water partition coefficient (Wildman–Crippen LogP) is 3.43. The molecule has 0 fully saturated rings. The second kappa shape index (κ2) is 6.10. The number of amides is 1. The smallest absolute Gasteiger partial charge is 0.220 e. The molecule has 2 aromatic heterocycles. The third kappa shape index (κ3) is 3.13. The van der Waals surface area contributed by atoms with Gasteiger partial charge in [0.1, 0.15) is 5.01 Å². The number of aromatic nitrogens is 2. The van der Waals surface area contributed by atoms with Gasteiger partial charge in [0.05, 0.1) is 6.04 Å². The molecule has 1 atom stereocenters. The van der Waals surface area contributed by atoms with E-state index in [9.17, 15) is 4.79 Å². The first-order valence-corrected chi connectivity index (χ1v) is 7.86. The minimum absolute atomic E-state index is 0.0273. The Morgan fingerprint density at radius 1 is 1.43 bits per heavy atom. The number of aromatic amines is 1. The normalized spacial score (nSPS) is 12.4. The summed E-state index contributed by atoms with van der Waals surface area (Å²) in [5, 5.41) is 7.05. The maximum atomic E-state index is 12.0. The van der Waals surface area contributed by atoms with Crippen LogP contribution >= 0.6 is 11.3 Å². The molecule has 0 radical (unpaired) electrons. The number of aryl methyl sites for hydroxylation is 1. The molecule has 3 aromatic rings. The molecule has 5 heteroatoms. The van der Waals surface area contributed by atoms with E-state index in [0.29, 0.717) is 6.42 Å². The van der Waals surface area contributed by atoms with Crippen molar-refractivity contribution in [1.29, 1.82) is 0 Å². The number of carbonyl (C=O) groups excluding carboxylic acids is 1. The molecule has 0 saturated carbocycles. The van der Waals surface area contributed by atoms with Gasteiger partial charge in [0.15, 0.2) is 0 Å². The average molecular weight is 299 g/mol. The second-order valence-electron chi connectivity index (χ2n) is 5.02. The van der Waals surface area contributed by atoms with Gasteiger partial charge in [-0.25, -0.2) is 4.98 Å². The summed E-state index contributed by atoms with van der Waals surface area (Å²) in [5.41, 5.74) is 2.30. The Labute approximate surface area is 127 Å². The molecule has 21 heavy (non-hydrogen) atoms. The topological polar surface area (TPSA) is 57.8 Å². The summed E-state index contributed by atoms with van der Waals surface area (Å²) < 4.78 is 0. The highest BCUT2D eigenvalue weighted by Gasteiger charge is 2.12. The molecule has 1 aromatic carbocycles. The van der Waals surface area contributed by atoms with E-state index in [2.05, 4.69) is 21.4 Å². The van der Waals surface area contributed by atoms with Crippen LogP contribution in [0, 0.1) is 0 Å². The van der Waals surface area contributed by atoms with Crippen molar-refractivity contribution in [3.8, 4) is 0 Å². The molecule has 0 aliphatic heterocycles. The van der Waals surface area contributed by atoms with Gasteiger partial charge in [-0.2, -0.15) is 0 Å². The van der Waals surface area contributed by atoms with E-state index in [0.717, 1.165) is 16.9 Å². The molecule has 3 rings (SSSR count). The first-order chi connectivity index (χ1) is 10.2. The highest BCUT2D eigenvalue weighted by Crippen LogP contribution is 2.19. The number of para-hydroxylation sites is 1. The quantitative estimate of drug-likeness (QED) is 0.758. The Hall–Kier alpha value is -2.14. The van der Waals surface area contributed by atoms with E-state index in [4.69, 9.17) is 0 Å². The van der Waals surface area contributed by atoms with Gasteiger partial charge in [0.25, 0.3) is 0 Å². The lowest BCUT2D eigenvalue weighted by Crippen LogP contribution is -2.26. The lowest BCUT2D eigenvalue weighted by molar-refractivity contribution is -0.121. The lowest BCUT2D eigenvalue weighted by atomic mass is 10.1. The van der Waals surface area contributed by atoms with Crippen molar-refractivity contribution in [2.24, 2.45) is 0 Å². The molecule has 108 valence electrons. The molecule has 4 nitrogen and oxygen atoms in total. The van der Waals surface area contributed by atoms with Crippen molar-refractivity contribution >= 4 is 28.1 Å². The number of fused-ring (bicyclic) bond motifs is 1. The fraction of sp³-hybridized carbons (Fsp3) is 0.250. The number of nitrogens with one attached hydrogen (secondary N) is 2. The molecule has 1 unspecified atom stereocenters. The summed E-state index contributed by atoms with van der Waals surface area (Å²) in [7, 11) is 0. The molecule has 2 heterocycles. The van der Waals surface area contributed by atoms with Crippen molar-refractivity contribution in [2.75, 3.05) is 0 Å². The number of rotatable bonds is 5. The van der Waals surface area contributed by atoms with E-state index >= 15 is 0 Å². The molecule has 0 saturated heterocycles. The van der Waals surface area contributed by atoms with Gasteiger partial charge in [-0.3, -0.25) is 4.79 Å². The summed E-state index contributed by atoms with van der Waals surface area (Å²) in [4.78, 5) is 19.5. The molecule has 0 aliphatic rings. The maximum Gasteiger partial charge on any atom is 0.220 e. The Morgan fingerprint density at radius 3 is 3.10 bits per heavy atom. The number of hydrogen-bond donors (Lipinski definition) is 2. The van der Waals surface area contributed by atoms with Gasteiger partial charge in [-0.1, -0.05) is 18.2 Å². The van der Waals surface area contributed by atoms with E-state index in [-0.39, 0.29) is 11.9 Å². The zero-order valence-corrected chi connectivity index (χ0v) is 12.6. The van der Waals surface area contributed by atoms with Crippen LogP contribution in [0.2, 0.25) is 0 Å². The fourth-order valence-electron chi connectivity index (χ4n) is 2.41. The van der Waals surface area contributed by atoms with Crippen LogP contribution in [0.3, 0.4) is 0 Å². The van der Waals surface area contributed by atoms with Crippen LogP contribution in [0.4, 0.5) is 0 Å². The largest absolute Gasteiger partial charge is 0.361 e. The molecule has 1 amide bonds. The number of hydrogen-bond acceptors (Lipinski definition) is 3. The summed E-state index contributed by atoms with van der Waals surface area (Å²) in [5.74, 6) is 0.0583. The van der Waals surface area contributed by atoms with E-state index in [1.807, 2.05) is 36.7 Å². The van der Waals surface area contributed by atoms with Gasteiger partial charge in [-0.05, 0) is 25.0 Å². The van der Waals surface area contributed by atoms with Crippen molar-refractivity contribution in [1.82, 2.24) is 15.3 Å². The van der Waals surface area contributed by atoms with Crippen molar-refractivity contribution in [3.05, 3.63) is 52.6 Å². The maximum absolute atomic E-state index is 12.0. The monoisotopic (exact) mass is 299 g/mol. The minimum atomic E-state index is -0.0273. The summed E-state index contributed by atoms with van der Waals surface area (Å²) in [6, 6.07) is 8.12. The van der Waals surface area contributed by atoms with Gasteiger partial charge < -0.3 is 10.3 Å². The standard InChI is InChI=1S/C16H17N3OS/c1-11(16-17-8-9-21-16)19-15(20)7-6-12-10-18-14-5-3-2-4-13(12)14/h2-5,8-11,18H,6-7H2,1H3,(H,19,20). The van der Waals surface area contributed by atoms with Crippen LogP contribution in [0.5, 0.6) is 0 Å². The lowest BCUT2D eigenvalue weighted by Gasteiger charge is -2.10. The van der Waals surface area contributed by atoms with E-state index in [1.165, 1.54) is 10.9 Å². The van der Waals surface area contributed by atoms with Gasteiger partial charge in [0, 0.05) is 35.1 Å². The van der Waals surface area contributed by atoms with Crippen LogP contribution in [-0.4, -0.2) is 15.9 Å². The van der Waals surface area contributed by atoms with Crippen LogP contribution in [0.1, 0.15) is 30.0 Å². The number of nitrogens with zero attached hydrogens (tertiary/aromatic N) is 1. The second-order valence-corrected chi connectivity index (χ2v) is 5.95. The minimum Gasteiger partial charge on any atom is -0.361 e. The molecule has 2 N–H and O–H groups in total. The highest BCUT2D eigenvalue weighted by molar-refractivity contribution is 7.09. The molecule has 0 aliphatic carbocycles. The Kier molecular flexibility index (Phi) is 4.01. The molecular formula is C16H17N3OS. The third-order valence-corrected chi connectivity index (χ3v) is 4.45. The Bertz CT molecular complexity index is 733. The fourth-order valence-corrected chi connectivity index (χ4v) is 3.06. The Morgan fingerprint density at radius 2 is 2.29 bits per heavy atom. The number of thiazole rings is 1. The SMILES string of the molecule is CC(NC(=O)CCc1c[nH]c2ccccc12)c1nccs1. The molecular weight excluding hydrogens is 282 g/mol. The zero-order valence-electron chi connectivity index (χ0n) is 11.8. The predicted molar refractivity (Wildman–Crippen MR) is 85.3 cm³/mol. The van der Waals surface area contributed by atoms with Gasteiger partial charge >= 0.3 is 0 Å². The van der Waals surface area contributed by atoms with Crippen LogP contribution < -0.4 is 5.32 Å². The summed E-state index contributed by atoms with van der Waals surface area (Å²) in [6.45, 7) is 1.96. The molecule has 0 spiro atoms. The first kappa shape index (κ1) is 13.8. The van der Waals surface area contributed by atoms with Gasteiger partial charge in [-0.15, -0.1) is 11.3 Å². The van der Waals surface area contributed by atoms with Gasteiger partial charge in [0.2, 0.25) is 5.91 Å². The summed E-state index contributed by atoms with van der Waals surface area (Å²) >= 11 is 1.56. The highest BCUT2D eigenvalue weighted by atomic mass is 32.1. The Balaban J connectivity index is 1.58. The number of carbonyl (C=O) groups is 1. The van der Waals surface area contributed by atoms with Crippen molar-refractivity contribution in [2.45, 2.75) is 25.8 Å². The van der Waals surface area contributed by atoms with Crippen LogP contribution in [0.25, 0.3) is 10.9 Å². The molecule has 0 bridgehead atoms. The first-order valence-electron chi connectivity index (χ1n) is 6.98. The number of benzene rings is 1. The van der Waals surface area contributed by atoms with Crippen LogP contribution in [-0.2, 0) is 11.2 Å². The van der Waals surface area contributed by atoms with Crippen molar-refractivity contribution in [3.63, 3.8) is 0 Å². The third-order valence-electron chi connectivity index (χ3n) is 3.50. The average Bonchev–Trinajstić information content (AvgIpc) is 3.15. The summed E-state index contributed by atoms with van der Waals surface area (Å²) in [6.07, 6.45) is 4.97. The van der Waals surface area contributed by atoms with E-state index in [1.54, 1.807) is 17.5 Å². The van der Waals surface area contributed by atoms with Crippen LogP contribution in [0.15, 0.2) is 42.0 Å². The van der Waals surface area contributed by atoms with Crippen molar-refractivity contribution < 1.29 is 4.79 Å². The number of H-pyrrole nitrogens is 1. The van der Waals surface area contributed by atoms with E-state index < -0.39 is 0 Å². The zero-order chi connectivity index (χ0) is 14.7.